The Hall–Kier alpha value is -0.990. The minimum Gasteiger partial charge on any atom is -0.493 e. The van der Waals surface area contributed by atoms with Gasteiger partial charge in [-0.25, -0.2) is 0 Å². The highest BCUT2D eigenvalue weighted by Gasteiger charge is 2.15. The molecule has 0 aromatic heterocycles. The van der Waals surface area contributed by atoms with Crippen LogP contribution >= 0.6 is 27.5 Å². The molecule has 0 spiro atoms. The van der Waals surface area contributed by atoms with Gasteiger partial charge >= 0.3 is 0 Å². The maximum atomic E-state index is 6.23. The van der Waals surface area contributed by atoms with Gasteiger partial charge in [-0.3, -0.25) is 0 Å². The van der Waals surface area contributed by atoms with Gasteiger partial charge in [-0.1, -0.05) is 57.9 Å². The number of benzene rings is 2. The van der Waals surface area contributed by atoms with Crippen LogP contribution in [0, 0.1) is 0 Å². The fourth-order valence-electron chi connectivity index (χ4n) is 2.55. The highest BCUT2D eigenvalue weighted by atomic mass is 79.9. The van der Waals surface area contributed by atoms with Crippen molar-refractivity contribution in [1.29, 1.82) is 0 Å². The predicted molar refractivity (Wildman–Crippen MR) is 87.1 cm³/mol. The monoisotopic (exact) mass is 350 g/mol. The lowest BCUT2D eigenvalue weighted by Crippen LogP contribution is -2.09. The van der Waals surface area contributed by atoms with Crippen molar-refractivity contribution < 1.29 is 4.74 Å². The third-order valence-electron chi connectivity index (χ3n) is 3.65. The summed E-state index contributed by atoms with van der Waals surface area (Å²) < 4.78 is 5.66. The van der Waals surface area contributed by atoms with Crippen molar-refractivity contribution in [3.05, 3.63) is 64.2 Å². The number of alkyl halides is 1. The molecule has 104 valence electrons. The van der Waals surface area contributed by atoms with Crippen molar-refractivity contribution in [3.8, 4) is 5.75 Å². The molecular formula is C17H16BrClO. The Labute approximate surface area is 133 Å². The lowest BCUT2D eigenvalue weighted by atomic mass is 9.99. The molecule has 0 aliphatic carbocycles. The summed E-state index contributed by atoms with van der Waals surface area (Å²) in [5.41, 5.74) is 3.77. The number of aryl methyl sites for hydroxylation is 1. The zero-order chi connectivity index (χ0) is 13.9. The molecule has 1 nitrogen and oxygen atoms in total. The number of hydrogen-bond donors (Lipinski definition) is 0. The second kappa shape index (κ2) is 6.19. The van der Waals surface area contributed by atoms with Gasteiger partial charge in [0.25, 0.3) is 0 Å². The summed E-state index contributed by atoms with van der Waals surface area (Å²) >= 11 is 10.0. The van der Waals surface area contributed by atoms with E-state index in [1.807, 2.05) is 18.2 Å². The van der Waals surface area contributed by atoms with Crippen LogP contribution in [0.5, 0.6) is 5.75 Å². The number of ether oxygens (including phenoxy) is 1. The van der Waals surface area contributed by atoms with E-state index in [-0.39, 0.29) is 4.83 Å². The zero-order valence-electron chi connectivity index (χ0n) is 11.1. The molecule has 1 heterocycles. The predicted octanol–water partition coefficient (Wildman–Crippen LogP) is 5.34. The molecule has 2 aromatic carbocycles. The first kappa shape index (κ1) is 14.0. The average molecular weight is 352 g/mol. The second-order valence-corrected chi connectivity index (χ2v) is 6.59. The molecule has 0 saturated heterocycles. The van der Waals surface area contributed by atoms with E-state index in [0.717, 1.165) is 36.6 Å². The van der Waals surface area contributed by atoms with Crippen LogP contribution in [0.2, 0.25) is 5.02 Å². The Balaban J connectivity index is 1.80. The summed E-state index contributed by atoms with van der Waals surface area (Å²) in [6.45, 7) is 0.837. The minimum absolute atomic E-state index is 0.273. The van der Waals surface area contributed by atoms with Gasteiger partial charge < -0.3 is 4.74 Å². The summed E-state index contributed by atoms with van der Waals surface area (Å²) in [4.78, 5) is 0.273. The quantitative estimate of drug-likeness (QED) is 0.678. The molecule has 1 aliphatic rings. The summed E-state index contributed by atoms with van der Waals surface area (Å²) in [6.07, 6.45) is 3.10. The first-order chi connectivity index (χ1) is 9.74. The lowest BCUT2D eigenvalue weighted by molar-refractivity contribution is 0.288. The van der Waals surface area contributed by atoms with E-state index in [2.05, 4.69) is 40.2 Å². The summed E-state index contributed by atoms with van der Waals surface area (Å²) in [5, 5.41) is 0.832. The average Bonchev–Trinajstić information content (AvgIpc) is 2.49. The van der Waals surface area contributed by atoms with E-state index < -0.39 is 0 Å². The van der Waals surface area contributed by atoms with E-state index in [1.54, 1.807) is 0 Å². The largest absolute Gasteiger partial charge is 0.493 e. The van der Waals surface area contributed by atoms with E-state index in [0.29, 0.717) is 0 Å². The van der Waals surface area contributed by atoms with Gasteiger partial charge in [0, 0.05) is 9.85 Å². The standard InChI is InChI=1S/C17H16BrClO/c18-15(11-13-4-1-2-6-16(13)19)12-7-8-17-14(10-12)5-3-9-20-17/h1-2,4,6-8,10,15H,3,5,9,11H2. The lowest BCUT2D eigenvalue weighted by Gasteiger charge is -2.19. The van der Waals surface area contributed by atoms with Gasteiger partial charge in [0.1, 0.15) is 5.75 Å². The highest BCUT2D eigenvalue weighted by molar-refractivity contribution is 9.09. The Morgan fingerprint density at radius 2 is 2.05 bits per heavy atom. The van der Waals surface area contributed by atoms with Gasteiger partial charge in [0.05, 0.1) is 6.61 Å². The summed E-state index contributed by atoms with van der Waals surface area (Å²) in [5.74, 6) is 1.04. The minimum atomic E-state index is 0.273. The van der Waals surface area contributed by atoms with Crippen molar-refractivity contribution in [2.45, 2.75) is 24.1 Å². The molecule has 3 heteroatoms. The van der Waals surface area contributed by atoms with Crippen LogP contribution in [0.25, 0.3) is 0 Å². The smallest absolute Gasteiger partial charge is 0.122 e. The highest BCUT2D eigenvalue weighted by Crippen LogP contribution is 2.34. The van der Waals surface area contributed by atoms with E-state index in [4.69, 9.17) is 16.3 Å². The van der Waals surface area contributed by atoms with Gasteiger partial charge in [0.2, 0.25) is 0 Å². The summed E-state index contributed by atoms with van der Waals surface area (Å²) in [6, 6.07) is 14.5. The van der Waals surface area contributed by atoms with Crippen LogP contribution in [0.1, 0.15) is 27.9 Å². The van der Waals surface area contributed by atoms with E-state index >= 15 is 0 Å². The van der Waals surface area contributed by atoms with Crippen molar-refractivity contribution in [2.24, 2.45) is 0 Å². The SMILES string of the molecule is Clc1ccccc1CC(Br)c1ccc2c(c1)CCCO2. The maximum absolute atomic E-state index is 6.23. The van der Waals surface area contributed by atoms with Crippen LogP contribution in [-0.2, 0) is 12.8 Å². The first-order valence-electron chi connectivity index (χ1n) is 6.87. The molecule has 1 atom stereocenters. The van der Waals surface area contributed by atoms with Crippen LogP contribution in [0.15, 0.2) is 42.5 Å². The van der Waals surface area contributed by atoms with E-state index in [1.165, 1.54) is 16.7 Å². The Morgan fingerprint density at radius 3 is 2.90 bits per heavy atom. The number of halogens is 2. The van der Waals surface area contributed by atoms with Gasteiger partial charge in [-0.15, -0.1) is 0 Å². The Morgan fingerprint density at radius 1 is 1.20 bits per heavy atom. The number of rotatable bonds is 3. The third kappa shape index (κ3) is 3.02. The second-order valence-electron chi connectivity index (χ2n) is 5.08. The number of fused-ring (bicyclic) bond motifs is 1. The fourth-order valence-corrected chi connectivity index (χ4v) is 3.40. The molecular weight excluding hydrogens is 336 g/mol. The molecule has 2 aromatic rings. The van der Waals surface area contributed by atoms with Crippen molar-refractivity contribution in [1.82, 2.24) is 0 Å². The topological polar surface area (TPSA) is 9.23 Å². The van der Waals surface area contributed by atoms with Crippen molar-refractivity contribution >= 4 is 27.5 Å². The number of hydrogen-bond acceptors (Lipinski definition) is 1. The Kier molecular flexibility index (Phi) is 4.32. The van der Waals surface area contributed by atoms with Crippen molar-refractivity contribution in [2.75, 3.05) is 6.61 Å². The van der Waals surface area contributed by atoms with Gasteiger partial charge in [-0.05, 0) is 48.1 Å². The van der Waals surface area contributed by atoms with Gasteiger partial charge in [0.15, 0.2) is 0 Å². The van der Waals surface area contributed by atoms with E-state index in [9.17, 15) is 0 Å². The molecule has 1 aliphatic heterocycles. The van der Waals surface area contributed by atoms with Crippen LogP contribution in [0.3, 0.4) is 0 Å². The Bertz CT molecular complexity index is 612. The fraction of sp³-hybridized carbons (Fsp3) is 0.294. The molecule has 3 rings (SSSR count). The molecule has 1 unspecified atom stereocenters. The molecule has 0 amide bonds. The first-order valence-corrected chi connectivity index (χ1v) is 8.16. The maximum Gasteiger partial charge on any atom is 0.122 e. The molecule has 20 heavy (non-hydrogen) atoms. The summed E-state index contributed by atoms with van der Waals surface area (Å²) in [7, 11) is 0. The molecule has 0 saturated carbocycles. The van der Waals surface area contributed by atoms with Crippen LogP contribution < -0.4 is 4.74 Å². The van der Waals surface area contributed by atoms with Crippen LogP contribution in [-0.4, -0.2) is 6.61 Å². The normalized spacial score (nSPS) is 15.3. The van der Waals surface area contributed by atoms with Gasteiger partial charge in [-0.2, -0.15) is 0 Å². The van der Waals surface area contributed by atoms with Crippen LogP contribution in [0.4, 0.5) is 0 Å². The molecule has 0 fully saturated rings. The molecule has 0 radical (unpaired) electrons. The third-order valence-corrected chi connectivity index (χ3v) is 4.87. The molecule has 0 N–H and O–H groups in total. The van der Waals surface area contributed by atoms with Crippen molar-refractivity contribution in [3.63, 3.8) is 0 Å². The molecule has 0 bridgehead atoms. The zero-order valence-corrected chi connectivity index (χ0v) is 13.5.